The quantitative estimate of drug-likeness (QED) is 0.672. The van der Waals surface area contributed by atoms with Crippen LogP contribution in [0.1, 0.15) is 27.7 Å². The Kier molecular flexibility index (Phi) is 7.09. The van der Waals surface area contributed by atoms with Crippen molar-refractivity contribution in [2.75, 3.05) is 0 Å². The minimum atomic E-state index is -3.50. The van der Waals surface area contributed by atoms with Gasteiger partial charge in [0.1, 0.15) is 0 Å². The molecule has 2 nitrogen and oxygen atoms in total. The Morgan fingerprint density at radius 1 is 0.842 bits per heavy atom. The van der Waals surface area contributed by atoms with Crippen molar-refractivity contribution in [3.05, 3.63) is 70.6 Å². The zero-order chi connectivity index (χ0) is 15.1. The molecule has 0 aromatic carbocycles. The third kappa shape index (κ3) is 4.87. The molecule has 0 aliphatic rings. The maximum absolute atomic E-state index is 12.5. The molecule has 19 heavy (non-hydrogen) atoms. The topological polar surface area (TPSA) is 34.1 Å². The highest BCUT2D eigenvalue weighted by atomic mass is 32.2. The summed E-state index contributed by atoms with van der Waals surface area (Å²) in [6.07, 6.45) is 9.65. The van der Waals surface area contributed by atoms with Gasteiger partial charge in [0.2, 0.25) is 9.84 Å². The average molecular weight is 278 g/mol. The van der Waals surface area contributed by atoms with E-state index in [1.807, 2.05) is 13.8 Å². The molecule has 0 N–H and O–H groups in total. The number of sulfone groups is 1. The van der Waals surface area contributed by atoms with Gasteiger partial charge in [0.05, 0.1) is 9.81 Å². The summed E-state index contributed by atoms with van der Waals surface area (Å²) in [5.41, 5.74) is 1.60. The fourth-order valence-electron chi connectivity index (χ4n) is 1.33. The molecule has 0 heterocycles. The summed E-state index contributed by atoms with van der Waals surface area (Å²) >= 11 is 0. The van der Waals surface area contributed by atoms with Gasteiger partial charge in [-0.15, -0.1) is 0 Å². The molecular formula is C16H22O2S. The second-order valence-electron chi connectivity index (χ2n) is 4.07. The third-order valence-corrected chi connectivity index (χ3v) is 4.52. The Balaban J connectivity index is 5.84. The summed E-state index contributed by atoms with van der Waals surface area (Å²) in [5, 5.41) is 0. The predicted octanol–water partition coefficient (Wildman–Crippen LogP) is 4.47. The molecule has 0 fully saturated rings. The van der Waals surface area contributed by atoms with E-state index in [0.717, 1.165) is 11.1 Å². The Hall–Kier alpha value is -1.61. The van der Waals surface area contributed by atoms with Gasteiger partial charge in [-0.3, -0.25) is 0 Å². The summed E-state index contributed by atoms with van der Waals surface area (Å²) in [5.74, 6) is 0. The van der Waals surface area contributed by atoms with Crippen LogP contribution in [0.15, 0.2) is 70.6 Å². The first-order chi connectivity index (χ1) is 8.83. The Morgan fingerprint density at radius 3 is 1.37 bits per heavy atom. The van der Waals surface area contributed by atoms with Crippen LogP contribution in [0.2, 0.25) is 0 Å². The lowest BCUT2D eigenvalue weighted by atomic mass is 10.2. The lowest BCUT2D eigenvalue weighted by Crippen LogP contribution is -2.05. The number of hydrogen-bond acceptors (Lipinski definition) is 2. The van der Waals surface area contributed by atoms with Crippen LogP contribution in [0.25, 0.3) is 0 Å². The average Bonchev–Trinajstić information content (AvgIpc) is 2.40. The molecule has 0 saturated carbocycles. The molecule has 0 amide bonds. The maximum atomic E-state index is 12.5. The van der Waals surface area contributed by atoms with E-state index in [9.17, 15) is 8.42 Å². The van der Waals surface area contributed by atoms with Gasteiger partial charge in [-0.2, -0.15) is 0 Å². The van der Waals surface area contributed by atoms with Crippen LogP contribution in [0.4, 0.5) is 0 Å². The van der Waals surface area contributed by atoms with E-state index in [1.165, 1.54) is 0 Å². The van der Waals surface area contributed by atoms with Gasteiger partial charge < -0.3 is 0 Å². The molecule has 0 aromatic heterocycles. The van der Waals surface area contributed by atoms with Crippen molar-refractivity contribution in [2.45, 2.75) is 27.7 Å². The molecule has 0 saturated heterocycles. The lowest BCUT2D eigenvalue weighted by Gasteiger charge is -2.07. The van der Waals surface area contributed by atoms with Crippen LogP contribution in [-0.4, -0.2) is 8.42 Å². The van der Waals surface area contributed by atoms with Gasteiger partial charge in [0, 0.05) is 0 Å². The van der Waals surface area contributed by atoms with E-state index in [1.54, 1.807) is 50.3 Å². The van der Waals surface area contributed by atoms with Crippen molar-refractivity contribution in [3.8, 4) is 0 Å². The molecule has 0 rings (SSSR count). The van der Waals surface area contributed by atoms with Crippen LogP contribution in [0.3, 0.4) is 0 Å². The Morgan fingerprint density at radius 2 is 1.16 bits per heavy atom. The molecule has 3 heteroatoms. The van der Waals surface area contributed by atoms with Gasteiger partial charge in [-0.25, -0.2) is 8.42 Å². The number of allylic oxidation sites excluding steroid dienone is 8. The highest BCUT2D eigenvalue weighted by molar-refractivity contribution is 7.99. The molecular weight excluding hydrogens is 256 g/mol. The van der Waals surface area contributed by atoms with Gasteiger partial charge in [-0.1, -0.05) is 48.6 Å². The Labute approximate surface area is 117 Å². The van der Waals surface area contributed by atoms with E-state index in [4.69, 9.17) is 0 Å². The Bertz CT molecular complexity index is 522. The molecule has 0 atom stereocenters. The molecule has 0 spiro atoms. The van der Waals surface area contributed by atoms with E-state index < -0.39 is 9.84 Å². The molecule has 0 aromatic rings. The normalized spacial score (nSPS) is 15.4. The zero-order valence-corrected chi connectivity index (χ0v) is 12.9. The van der Waals surface area contributed by atoms with Crippen molar-refractivity contribution in [1.82, 2.24) is 0 Å². The lowest BCUT2D eigenvalue weighted by molar-refractivity contribution is 0.609. The van der Waals surface area contributed by atoms with Crippen molar-refractivity contribution < 1.29 is 8.42 Å². The summed E-state index contributed by atoms with van der Waals surface area (Å²) in [6.45, 7) is 14.3. The summed E-state index contributed by atoms with van der Waals surface area (Å²) in [4.78, 5) is 0.539. The van der Waals surface area contributed by atoms with Crippen molar-refractivity contribution in [3.63, 3.8) is 0 Å². The molecule has 0 aliphatic heterocycles. The standard InChI is InChI=1S/C16H22O2S/c1-7-13(5)11-15(9-3)19(17,18)16(10-4)12-14(6)8-2/h7-12H,1-2H2,3-6H3/b13-11-,14-12-,15-9+,16-10+. The first kappa shape index (κ1) is 17.4. The van der Waals surface area contributed by atoms with Crippen LogP contribution >= 0.6 is 0 Å². The van der Waals surface area contributed by atoms with E-state index >= 15 is 0 Å². The van der Waals surface area contributed by atoms with Gasteiger partial charge in [0.25, 0.3) is 0 Å². The van der Waals surface area contributed by atoms with Gasteiger partial charge in [-0.05, 0) is 39.8 Å². The summed E-state index contributed by atoms with van der Waals surface area (Å²) in [6, 6.07) is 0. The zero-order valence-electron chi connectivity index (χ0n) is 12.1. The molecule has 0 radical (unpaired) electrons. The second kappa shape index (κ2) is 7.74. The second-order valence-corrected chi connectivity index (χ2v) is 6.02. The number of rotatable bonds is 6. The smallest absolute Gasteiger partial charge is 0.205 e. The van der Waals surface area contributed by atoms with Crippen molar-refractivity contribution >= 4 is 9.84 Å². The molecule has 104 valence electrons. The SMILES string of the molecule is C=C/C(C)=C\C(=C/C)S(=O)(=O)C(/C=C(/C)C=C)=C/C. The number of hydrogen-bond donors (Lipinski definition) is 0. The van der Waals surface area contributed by atoms with Crippen LogP contribution in [-0.2, 0) is 9.84 Å². The highest BCUT2D eigenvalue weighted by Gasteiger charge is 2.19. The first-order valence-corrected chi connectivity index (χ1v) is 7.51. The van der Waals surface area contributed by atoms with E-state index in [0.29, 0.717) is 0 Å². The molecule has 0 unspecified atom stereocenters. The third-order valence-electron chi connectivity index (χ3n) is 2.57. The predicted molar refractivity (Wildman–Crippen MR) is 84.3 cm³/mol. The molecule has 0 aliphatic carbocycles. The van der Waals surface area contributed by atoms with Crippen molar-refractivity contribution in [2.24, 2.45) is 0 Å². The van der Waals surface area contributed by atoms with Gasteiger partial charge in [0.15, 0.2) is 0 Å². The maximum Gasteiger partial charge on any atom is 0.205 e. The largest absolute Gasteiger partial charge is 0.219 e. The van der Waals surface area contributed by atoms with Crippen molar-refractivity contribution in [1.29, 1.82) is 0 Å². The van der Waals surface area contributed by atoms with E-state index in [2.05, 4.69) is 13.2 Å². The van der Waals surface area contributed by atoms with Crippen LogP contribution in [0.5, 0.6) is 0 Å². The van der Waals surface area contributed by atoms with Crippen LogP contribution < -0.4 is 0 Å². The fourth-order valence-corrected chi connectivity index (χ4v) is 2.91. The summed E-state index contributed by atoms with van der Waals surface area (Å²) in [7, 11) is -3.50. The summed E-state index contributed by atoms with van der Waals surface area (Å²) < 4.78 is 25.0. The molecule has 0 bridgehead atoms. The highest BCUT2D eigenvalue weighted by Crippen LogP contribution is 2.22. The minimum Gasteiger partial charge on any atom is -0.219 e. The minimum absolute atomic E-state index is 0.270. The monoisotopic (exact) mass is 278 g/mol. The van der Waals surface area contributed by atoms with E-state index in [-0.39, 0.29) is 9.81 Å². The fraction of sp³-hybridized carbons (Fsp3) is 0.250. The first-order valence-electron chi connectivity index (χ1n) is 6.02. The van der Waals surface area contributed by atoms with Crippen LogP contribution in [0, 0.1) is 0 Å². The van der Waals surface area contributed by atoms with Gasteiger partial charge >= 0.3 is 0 Å².